The van der Waals surface area contributed by atoms with Crippen LogP contribution in [0, 0.1) is 0 Å². The van der Waals surface area contributed by atoms with E-state index in [0.717, 1.165) is 27.2 Å². The topological polar surface area (TPSA) is 116 Å². The summed E-state index contributed by atoms with van der Waals surface area (Å²) in [6, 6.07) is 15.9. The smallest absolute Gasteiger partial charge is 0.408 e. The average molecular weight is 440 g/mol. The summed E-state index contributed by atoms with van der Waals surface area (Å²) in [7, 11) is 0. The van der Waals surface area contributed by atoms with Crippen molar-refractivity contribution in [3.05, 3.63) is 59.7 Å². The molecule has 1 aliphatic rings. The third kappa shape index (κ3) is 4.75. The molecule has 3 N–H and O–H groups in total. The standard InChI is InChI=1S/C24H28N2O6/c1-3-24(2,22(30)26(12-13-27)14-21(28)29)25-23(31)32-15-20-18-10-6-4-8-16(18)17-9-5-7-11-19(17)20/h4-11,20,27H,3,12-15H2,1-2H3,(H,25,31)(H,28,29). The molecule has 2 aromatic carbocycles. The van der Waals surface area contributed by atoms with Gasteiger partial charge in [0.1, 0.15) is 18.7 Å². The number of nitrogens with one attached hydrogen (secondary N) is 1. The van der Waals surface area contributed by atoms with Crippen molar-refractivity contribution < 1.29 is 29.3 Å². The van der Waals surface area contributed by atoms with Crippen molar-refractivity contribution in [3.63, 3.8) is 0 Å². The minimum absolute atomic E-state index is 0.101. The number of aliphatic hydroxyl groups is 1. The molecule has 0 heterocycles. The molecule has 170 valence electrons. The first-order chi connectivity index (χ1) is 15.3. The van der Waals surface area contributed by atoms with Crippen LogP contribution in [0.3, 0.4) is 0 Å². The molecule has 8 nitrogen and oxygen atoms in total. The summed E-state index contributed by atoms with van der Waals surface area (Å²) in [6.07, 6.45) is -0.541. The Balaban J connectivity index is 1.71. The lowest BCUT2D eigenvalue weighted by Crippen LogP contribution is -2.58. The first kappa shape index (κ1) is 23.3. The van der Waals surface area contributed by atoms with E-state index >= 15 is 0 Å². The van der Waals surface area contributed by atoms with Crippen LogP contribution in [-0.2, 0) is 14.3 Å². The highest BCUT2D eigenvalue weighted by Gasteiger charge is 2.38. The number of carboxylic acids is 1. The lowest BCUT2D eigenvalue weighted by atomic mass is 9.96. The van der Waals surface area contributed by atoms with Gasteiger partial charge in [0.05, 0.1) is 6.61 Å². The van der Waals surface area contributed by atoms with Gasteiger partial charge in [0.2, 0.25) is 5.91 Å². The number of hydrogen-bond donors (Lipinski definition) is 3. The summed E-state index contributed by atoms with van der Waals surface area (Å²) in [5.41, 5.74) is 3.00. The van der Waals surface area contributed by atoms with Gasteiger partial charge in [0.15, 0.2) is 0 Å². The number of fused-ring (bicyclic) bond motifs is 3. The predicted molar refractivity (Wildman–Crippen MR) is 118 cm³/mol. The Morgan fingerprint density at radius 2 is 1.62 bits per heavy atom. The SMILES string of the molecule is CCC(C)(NC(=O)OCC1c2ccccc2-c2ccccc21)C(=O)N(CCO)CC(=O)O. The number of alkyl carbamates (subject to hydrolysis) is 1. The van der Waals surface area contributed by atoms with Gasteiger partial charge in [-0.2, -0.15) is 0 Å². The highest BCUT2D eigenvalue weighted by atomic mass is 16.5. The lowest BCUT2D eigenvalue weighted by Gasteiger charge is -2.33. The number of carboxylic acid groups (broad SMARTS) is 1. The van der Waals surface area contributed by atoms with Crippen molar-refractivity contribution in [2.24, 2.45) is 0 Å². The number of benzene rings is 2. The predicted octanol–water partition coefficient (Wildman–Crippen LogP) is 2.60. The molecule has 1 atom stereocenters. The maximum absolute atomic E-state index is 12.9. The van der Waals surface area contributed by atoms with Crippen LogP contribution in [0.25, 0.3) is 11.1 Å². The van der Waals surface area contributed by atoms with Gasteiger partial charge in [-0.05, 0) is 35.6 Å². The van der Waals surface area contributed by atoms with E-state index in [9.17, 15) is 19.5 Å². The molecule has 2 amide bonds. The van der Waals surface area contributed by atoms with Crippen molar-refractivity contribution in [3.8, 4) is 11.1 Å². The van der Waals surface area contributed by atoms with Crippen molar-refractivity contribution in [1.82, 2.24) is 10.2 Å². The van der Waals surface area contributed by atoms with Gasteiger partial charge in [-0.15, -0.1) is 0 Å². The fourth-order valence-electron chi connectivity index (χ4n) is 4.04. The van der Waals surface area contributed by atoms with Gasteiger partial charge in [-0.3, -0.25) is 9.59 Å². The second kappa shape index (κ2) is 9.82. The van der Waals surface area contributed by atoms with Crippen LogP contribution in [0.4, 0.5) is 4.79 Å². The van der Waals surface area contributed by atoms with Crippen molar-refractivity contribution in [2.75, 3.05) is 26.3 Å². The minimum Gasteiger partial charge on any atom is -0.480 e. The number of aliphatic hydroxyl groups excluding tert-OH is 1. The maximum Gasteiger partial charge on any atom is 0.408 e. The zero-order valence-corrected chi connectivity index (χ0v) is 18.2. The van der Waals surface area contributed by atoms with Crippen LogP contribution in [0.15, 0.2) is 48.5 Å². The maximum atomic E-state index is 12.9. The Labute approximate surface area is 186 Å². The van der Waals surface area contributed by atoms with E-state index < -0.39 is 30.1 Å². The number of amides is 2. The van der Waals surface area contributed by atoms with Gasteiger partial charge in [-0.25, -0.2) is 4.79 Å². The zero-order chi connectivity index (χ0) is 23.3. The molecule has 0 bridgehead atoms. The molecule has 8 heteroatoms. The third-order valence-electron chi connectivity index (χ3n) is 5.88. The molecule has 1 unspecified atom stereocenters. The van der Waals surface area contributed by atoms with E-state index in [2.05, 4.69) is 5.32 Å². The Morgan fingerprint density at radius 3 is 2.12 bits per heavy atom. The number of aliphatic carboxylic acids is 1. The molecule has 0 fully saturated rings. The highest BCUT2D eigenvalue weighted by molar-refractivity contribution is 5.91. The molecule has 0 spiro atoms. The highest BCUT2D eigenvalue weighted by Crippen LogP contribution is 2.44. The largest absolute Gasteiger partial charge is 0.480 e. The first-order valence-electron chi connectivity index (χ1n) is 10.6. The molecule has 3 rings (SSSR count). The van der Waals surface area contributed by atoms with E-state index in [4.69, 9.17) is 9.84 Å². The fourth-order valence-corrected chi connectivity index (χ4v) is 4.04. The molecule has 0 aliphatic heterocycles. The molecule has 0 saturated carbocycles. The fraction of sp³-hybridized carbons (Fsp3) is 0.375. The monoisotopic (exact) mass is 440 g/mol. The molecule has 2 aromatic rings. The molecule has 0 radical (unpaired) electrons. The summed E-state index contributed by atoms with van der Waals surface area (Å²) in [6.45, 7) is 2.23. The van der Waals surface area contributed by atoms with E-state index in [1.807, 2.05) is 48.5 Å². The first-order valence-corrected chi connectivity index (χ1v) is 10.6. The molecule has 1 aliphatic carbocycles. The van der Waals surface area contributed by atoms with Crippen molar-refractivity contribution in [1.29, 1.82) is 0 Å². The average Bonchev–Trinajstić information content (AvgIpc) is 3.10. The Kier molecular flexibility index (Phi) is 7.15. The molecular formula is C24H28N2O6. The van der Waals surface area contributed by atoms with Crippen LogP contribution in [-0.4, -0.2) is 64.9 Å². The van der Waals surface area contributed by atoms with Crippen LogP contribution in [0.1, 0.15) is 37.3 Å². The number of hydrogen-bond acceptors (Lipinski definition) is 5. The Hall–Kier alpha value is -3.39. The summed E-state index contributed by atoms with van der Waals surface area (Å²) < 4.78 is 5.52. The number of nitrogens with zero attached hydrogens (tertiary/aromatic N) is 1. The quantitative estimate of drug-likeness (QED) is 0.552. The molecule has 0 aromatic heterocycles. The normalized spacial score (nSPS) is 14.1. The number of carbonyl (C=O) groups is 3. The van der Waals surface area contributed by atoms with Crippen LogP contribution in [0.5, 0.6) is 0 Å². The van der Waals surface area contributed by atoms with Crippen molar-refractivity contribution in [2.45, 2.75) is 31.7 Å². The summed E-state index contributed by atoms with van der Waals surface area (Å²) in [5.74, 6) is -1.91. The van der Waals surface area contributed by atoms with Gasteiger partial charge in [0, 0.05) is 12.5 Å². The van der Waals surface area contributed by atoms with E-state index in [0.29, 0.717) is 0 Å². The zero-order valence-electron chi connectivity index (χ0n) is 18.2. The third-order valence-corrected chi connectivity index (χ3v) is 5.88. The van der Waals surface area contributed by atoms with Gasteiger partial charge in [-0.1, -0.05) is 55.5 Å². The van der Waals surface area contributed by atoms with E-state index in [-0.39, 0.29) is 32.1 Å². The Bertz CT molecular complexity index is 962. The minimum atomic E-state index is -1.37. The second-order valence-electron chi connectivity index (χ2n) is 7.98. The van der Waals surface area contributed by atoms with Crippen molar-refractivity contribution >= 4 is 18.0 Å². The van der Waals surface area contributed by atoms with E-state index in [1.54, 1.807) is 6.92 Å². The molecule has 32 heavy (non-hydrogen) atoms. The van der Waals surface area contributed by atoms with Gasteiger partial charge >= 0.3 is 12.1 Å². The summed E-state index contributed by atoms with van der Waals surface area (Å²) >= 11 is 0. The number of rotatable bonds is 9. The molecular weight excluding hydrogens is 412 g/mol. The van der Waals surface area contributed by atoms with Gasteiger partial charge in [0.25, 0.3) is 0 Å². The van der Waals surface area contributed by atoms with Crippen LogP contribution in [0.2, 0.25) is 0 Å². The summed E-state index contributed by atoms with van der Waals surface area (Å²) in [4.78, 5) is 37.7. The Morgan fingerprint density at radius 1 is 1.06 bits per heavy atom. The van der Waals surface area contributed by atoms with E-state index in [1.165, 1.54) is 6.92 Å². The lowest BCUT2D eigenvalue weighted by molar-refractivity contribution is -0.147. The number of ether oxygens (including phenoxy) is 1. The van der Waals surface area contributed by atoms with Crippen LogP contribution >= 0.6 is 0 Å². The number of carbonyl (C=O) groups excluding carboxylic acids is 2. The molecule has 0 saturated heterocycles. The van der Waals surface area contributed by atoms with Crippen LogP contribution < -0.4 is 5.32 Å². The second-order valence-corrected chi connectivity index (χ2v) is 7.98. The van der Waals surface area contributed by atoms with Gasteiger partial charge < -0.3 is 25.2 Å². The summed E-state index contributed by atoms with van der Waals surface area (Å²) in [5, 5.41) is 20.8.